The van der Waals surface area contributed by atoms with Gasteiger partial charge in [-0.25, -0.2) is 0 Å². The molecule has 1 fully saturated rings. The van der Waals surface area contributed by atoms with Gasteiger partial charge in [0.2, 0.25) is 5.91 Å². The number of nitrogens with one attached hydrogen (secondary N) is 2. The molecule has 7 heteroatoms. The van der Waals surface area contributed by atoms with E-state index in [1.54, 1.807) is 12.1 Å². The second kappa shape index (κ2) is 6.40. The number of carbonyl (C=O) groups is 2. The summed E-state index contributed by atoms with van der Waals surface area (Å²) in [5.74, 6) is -6.17. The Bertz CT molecular complexity index is 814. The highest BCUT2D eigenvalue weighted by atomic mass is 19.3. The van der Waals surface area contributed by atoms with Crippen molar-refractivity contribution in [1.82, 2.24) is 5.32 Å². The van der Waals surface area contributed by atoms with E-state index in [1.807, 2.05) is 35.6 Å². The average molecular weight is 348 g/mol. The smallest absolute Gasteiger partial charge is 0.352 e. The molecule has 0 atom stereocenters. The summed E-state index contributed by atoms with van der Waals surface area (Å²) in [6.45, 7) is -0.603. The Morgan fingerprint density at radius 1 is 1.12 bits per heavy atom. The van der Waals surface area contributed by atoms with Crippen LogP contribution in [-0.4, -0.2) is 35.0 Å². The summed E-state index contributed by atoms with van der Waals surface area (Å²) in [6, 6.07) is 12.7. The molecule has 25 heavy (non-hydrogen) atoms. The molecule has 3 rings (SSSR count). The number of halogens is 2. The van der Waals surface area contributed by atoms with Gasteiger partial charge in [0.25, 0.3) is 5.91 Å². The van der Waals surface area contributed by atoms with Gasteiger partial charge in [-0.05, 0) is 30.7 Å². The first-order valence-electron chi connectivity index (χ1n) is 8.00. The number of carbonyl (C=O) groups excluding carboxylic acids is 2. The summed E-state index contributed by atoms with van der Waals surface area (Å²) in [5.41, 5.74) is -1.77. The molecule has 1 aliphatic rings. The predicted molar refractivity (Wildman–Crippen MR) is 89.3 cm³/mol. The molecule has 0 radical (unpaired) electrons. The molecule has 2 aromatic rings. The summed E-state index contributed by atoms with van der Waals surface area (Å²) in [7, 11) is 0. The summed E-state index contributed by atoms with van der Waals surface area (Å²) in [5, 5.41) is 15.9. The SMILES string of the molecule is O=C(CNC(=O)C(F)(F)C1(O)CCC1)Nc1cccc2ccccc12. The summed E-state index contributed by atoms with van der Waals surface area (Å²) in [4.78, 5) is 23.7. The molecule has 3 N–H and O–H groups in total. The van der Waals surface area contributed by atoms with E-state index in [0.717, 1.165) is 10.8 Å². The number of amides is 2. The van der Waals surface area contributed by atoms with Gasteiger partial charge in [0.1, 0.15) is 5.60 Å². The molecule has 5 nitrogen and oxygen atoms in total. The number of hydrogen-bond acceptors (Lipinski definition) is 3. The Kier molecular flexibility index (Phi) is 4.43. The molecule has 0 spiro atoms. The van der Waals surface area contributed by atoms with Gasteiger partial charge in [0, 0.05) is 11.1 Å². The molecule has 0 saturated heterocycles. The Labute approximate surface area is 143 Å². The summed E-state index contributed by atoms with van der Waals surface area (Å²) >= 11 is 0. The van der Waals surface area contributed by atoms with Crippen LogP contribution < -0.4 is 10.6 Å². The van der Waals surface area contributed by atoms with Gasteiger partial charge < -0.3 is 15.7 Å². The minimum Gasteiger partial charge on any atom is -0.383 e. The van der Waals surface area contributed by atoms with Gasteiger partial charge in [-0.3, -0.25) is 9.59 Å². The lowest BCUT2D eigenvalue weighted by atomic mass is 9.75. The Balaban J connectivity index is 1.62. The highest BCUT2D eigenvalue weighted by Crippen LogP contribution is 2.44. The number of benzene rings is 2. The standard InChI is InChI=1S/C18H18F2N2O3/c19-18(20,17(25)9-4-10-17)16(24)21-11-15(23)22-14-8-3-6-12-5-1-2-7-13(12)14/h1-3,5-8,25H,4,9-11H2,(H,21,24)(H,22,23). The average Bonchev–Trinajstić information content (AvgIpc) is 2.57. The fraction of sp³-hybridized carbons (Fsp3) is 0.333. The van der Waals surface area contributed by atoms with Crippen molar-refractivity contribution in [2.24, 2.45) is 0 Å². The van der Waals surface area contributed by atoms with Crippen LogP contribution in [0.15, 0.2) is 42.5 Å². The minimum atomic E-state index is -3.91. The van der Waals surface area contributed by atoms with Crippen molar-refractivity contribution in [2.45, 2.75) is 30.8 Å². The molecular formula is C18H18F2N2O3. The van der Waals surface area contributed by atoms with E-state index < -0.39 is 29.9 Å². The Morgan fingerprint density at radius 2 is 1.80 bits per heavy atom. The second-order valence-electron chi connectivity index (χ2n) is 6.22. The lowest BCUT2D eigenvalue weighted by molar-refractivity contribution is -0.215. The third-order valence-corrected chi connectivity index (χ3v) is 4.52. The number of alkyl halides is 2. The van der Waals surface area contributed by atoms with E-state index in [9.17, 15) is 23.5 Å². The number of anilines is 1. The zero-order valence-electron chi connectivity index (χ0n) is 13.4. The van der Waals surface area contributed by atoms with Crippen LogP contribution in [0, 0.1) is 0 Å². The van der Waals surface area contributed by atoms with Crippen LogP contribution >= 0.6 is 0 Å². The number of hydrogen-bond donors (Lipinski definition) is 3. The fourth-order valence-electron chi connectivity index (χ4n) is 2.84. The van der Waals surface area contributed by atoms with Crippen LogP contribution in [0.5, 0.6) is 0 Å². The van der Waals surface area contributed by atoms with Crippen LogP contribution in [0.1, 0.15) is 19.3 Å². The molecule has 132 valence electrons. The quantitative estimate of drug-likeness (QED) is 0.777. The Hall–Kier alpha value is -2.54. The molecule has 2 amide bonds. The fourth-order valence-corrected chi connectivity index (χ4v) is 2.84. The van der Waals surface area contributed by atoms with E-state index in [4.69, 9.17) is 0 Å². The number of rotatable bonds is 5. The van der Waals surface area contributed by atoms with Crippen molar-refractivity contribution in [3.63, 3.8) is 0 Å². The first-order chi connectivity index (χ1) is 11.8. The van der Waals surface area contributed by atoms with Gasteiger partial charge in [0.15, 0.2) is 0 Å². The maximum absolute atomic E-state index is 13.9. The molecule has 1 aliphatic carbocycles. The van der Waals surface area contributed by atoms with Crippen molar-refractivity contribution >= 4 is 28.3 Å². The van der Waals surface area contributed by atoms with E-state index in [-0.39, 0.29) is 12.8 Å². The molecule has 0 unspecified atom stereocenters. The lowest BCUT2D eigenvalue weighted by Gasteiger charge is -2.41. The highest BCUT2D eigenvalue weighted by molar-refractivity contribution is 6.03. The summed E-state index contributed by atoms with van der Waals surface area (Å²) < 4.78 is 27.9. The van der Waals surface area contributed by atoms with Crippen molar-refractivity contribution in [3.05, 3.63) is 42.5 Å². The van der Waals surface area contributed by atoms with Gasteiger partial charge in [0.05, 0.1) is 6.54 Å². The predicted octanol–water partition coefficient (Wildman–Crippen LogP) is 2.44. The molecule has 0 heterocycles. The van der Waals surface area contributed by atoms with E-state index in [0.29, 0.717) is 12.1 Å². The highest BCUT2D eigenvalue weighted by Gasteiger charge is 2.61. The van der Waals surface area contributed by atoms with Crippen LogP contribution in [0.2, 0.25) is 0 Å². The molecule has 0 aromatic heterocycles. The lowest BCUT2D eigenvalue weighted by Crippen LogP contribution is -2.61. The maximum atomic E-state index is 13.9. The second-order valence-corrected chi connectivity index (χ2v) is 6.22. The van der Waals surface area contributed by atoms with E-state index >= 15 is 0 Å². The zero-order chi connectivity index (χ0) is 18.1. The summed E-state index contributed by atoms with van der Waals surface area (Å²) in [6.07, 6.45) is 0.187. The topological polar surface area (TPSA) is 78.4 Å². The van der Waals surface area contributed by atoms with Crippen molar-refractivity contribution < 1.29 is 23.5 Å². The molecule has 2 aromatic carbocycles. The first-order valence-corrected chi connectivity index (χ1v) is 8.00. The normalized spacial score (nSPS) is 16.1. The van der Waals surface area contributed by atoms with Crippen LogP contribution in [0.4, 0.5) is 14.5 Å². The number of fused-ring (bicyclic) bond motifs is 1. The first kappa shape index (κ1) is 17.3. The molecule has 0 bridgehead atoms. The molecule has 0 aliphatic heterocycles. The van der Waals surface area contributed by atoms with Crippen LogP contribution in [-0.2, 0) is 9.59 Å². The third-order valence-electron chi connectivity index (χ3n) is 4.52. The van der Waals surface area contributed by atoms with Crippen molar-refractivity contribution in [1.29, 1.82) is 0 Å². The largest absolute Gasteiger partial charge is 0.383 e. The monoisotopic (exact) mass is 348 g/mol. The number of aliphatic hydroxyl groups is 1. The molecular weight excluding hydrogens is 330 g/mol. The Morgan fingerprint density at radius 3 is 2.48 bits per heavy atom. The van der Waals surface area contributed by atoms with Gasteiger partial charge >= 0.3 is 5.92 Å². The minimum absolute atomic E-state index is 0.129. The maximum Gasteiger partial charge on any atom is 0.352 e. The van der Waals surface area contributed by atoms with Crippen molar-refractivity contribution in [2.75, 3.05) is 11.9 Å². The van der Waals surface area contributed by atoms with E-state index in [1.165, 1.54) is 0 Å². The third kappa shape index (κ3) is 3.19. The zero-order valence-corrected chi connectivity index (χ0v) is 13.4. The van der Waals surface area contributed by atoms with Gasteiger partial charge in [-0.15, -0.1) is 0 Å². The van der Waals surface area contributed by atoms with Crippen LogP contribution in [0.25, 0.3) is 10.8 Å². The van der Waals surface area contributed by atoms with Crippen molar-refractivity contribution in [3.8, 4) is 0 Å². The molecule has 1 saturated carbocycles. The van der Waals surface area contributed by atoms with Crippen LogP contribution in [0.3, 0.4) is 0 Å². The van der Waals surface area contributed by atoms with E-state index in [2.05, 4.69) is 5.32 Å². The van der Waals surface area contributed by atoms with Gasteiger partial charge in [-0.2, -0.15) is 8.78 Å². The van der Waals surface area contributed by atoms with Gasteiger partial charge in [-0.1, -0.05) is 36.4 Å².